The van der Waals surface area contributed by atoms with Gasteiger partial charge in [0.1, 0.15) is 0 Å². The first-order valence-electron chi connectivity index (χ1n) is 5.82. The second kappa shape index (κ2) is 6.20. The minimum absolute atomic E-state index is 0.177. The molecule has 0 bridgehead atoms. The predicted octanol–water partition coefficient (Wildman–Crippen LogP) is 3.09. The van der Waals surface area contributed by atoms with E-state index in [2.05, 4.69) is 10.3 Å². The lowest BCUT2D eigenvalue weighted by Gasteiger charge is -2.06. The van der Waals surface area contributed by atoms with Crippen LogP contribution < -0.4 is 5.32 Å². The van der Waals surface area contributed by atoms with E-state index in [-0.39, 0.29) is 5.56 Å². The maximum absolute atomic E-state index is 10.8. The Morgan fingerprint density at radius 2 is 2.00 bits per heavy atom. The van der Waals surface area contributed by atoms with Gasteiger partial charge in [-0.25, -0.2) is 4.79 Å². The highest BCUT2D eigenvalue weighted by molar-refractivity contribution is 6.30. The van der Waals surface area contributed by atoms with Crippen LogP contribution in [0.4, 0.5) is 5.69 Å². The smallest absolute Gasteiger partial charge is 0.337 e. The van der Waals surface area contributed by atoms with E-state index in [0.29, 0.717) is 12.2 Å². The van der Waals surface area contributed by atoms with Crippen molar-refractivity contribution < 1.29 is 9.90 Å². The van der Waals surface area contributed by atoms with Gasteiger partial charge >= 0.3 is 5.97 Å². The molecule has 2 rings (SSSR count). The summed E-state index contributed by atoms with van der Waals surface area (Å²) in [5.74, 6) is -0.978. The van der Waals surface area contributed by atoms with Crippen LogP contribution >= 0.6 is 11.6 Å². The van der Waals surface area contributed by atoms with Crippen molar-refractivity contribution in [3.63, 3.8) is 0 Å². The van der Waals surface area contributed by atoms with E-state index in [1.165, 1.54) is 11.8 Å². The molecule has 1 aromatic carbocycles. The Kier molecular flexibility index (Phi) is 4.36. The lowest BCUT2D eigenvalue weighted by atomic mass is 10.1. The summed E-state index contributed by atoms with van der Waals surface area (Å²) >= 11 is 5.81. The number of carboxylic acid groups (broad SMARTS) is 1. The lowest BCUT2D eigenvalue weighted by Crippen LogP contribution is -2.06. The van der Waals surface area contributed by atoms with Crippen molar-refractivity contribution in [2.45, 2.75) is 6.42 Å². The SMILES string of the molecule is O=C(O)c1cncc(NCCc2ccc(Cl)cc2)c1. The normalized spacial score (nSPS) is 10.2. The Labute approximate surface area is 116 Å². The van der Waals surface area contributed by atoms with Crippen LogP contribution in [0.25, 0.3) is 0 Å². The number of nitrogens with one attached hydrogen (secondary N) is 1. The molecule has 19 heavy (non-hydrogen) atoms. The summed E-state index contributed by atoms with van der Waals surface area (Å²) in [5, 5.41) is 12.7. The number of rotatable bonds is 5. The molecule has 1 aromatic heterocycles. The number of aromatic nitrogens is 1. The van der Waals surface area contributed by atoms with E-state index in [1.54, 1.807) is 12.3 Å². The van der Waals surface area contributed by atoms with Crippen LogP contribution in [0.15, 0.2) is 42.7 Å². The zero-order valence-electron chi connectivity index (χ0n) is 10.1. The highest BCUT2D eigenvalue weighted by atomic mass is 35.5. The quantitative estimate of drug-likeness (QED) is 0.881. The molecule has 0 fully saturated rings. The van der Waals surface area contributed by atoms with Gasteiger partial charge in [0.25, 0.3) is 0 Å². The number of benzene rings is 1. The molecule has 2 N–H and O–H groups in total. The van der Waals surface area contributed by atoms with Crippen molar-refractivity contribution in [3.05, 3.63) is 58.9 Å². The molecular formula is C14H13ClN2O2. The molecule has 0 radical (unpaired) electrons. The van der Waals surface area contributed by atoms with Crippen LogP contribution in [0.1, 0.15) is 15.9 Å². The topological polar surface area (TPSA) is 62.2 Å². The van der Waals surface area contributed by atoms with Gasteiger partial charge in [-0.05, 0) is 30.2 Å². The lowest BCUT2D eigenvalue weighted by molar-refractivity contribution is 0.0696. The summed E-state index contributed by atoms with van der Waals surface area (Å²) in [5.41, 5.74) is 2.05. The summed E-state index contributed by atoms with van der Waals surface area (Å²) in [6, 6.07) is 9.20. The van der Waals surface area contributed by atoms with Gasteiger partial charge < -0.3 is 10.4 Å². The highest BCUT2D eigenvalue weighted by Crippen LogP contribution is 2.11. The van der Waals surface area contributed by atoms with Gasteiger partial charge in [-0.15, -0.1) is 0 Å². The summed E-state index contributed by atoms with van der Waals surface area (Å²) < 4.78 is 0. The number of halogens is 1. The van der Waals surface area contributed by atoms with Crippen molar-refractivity contribution in [2.24, 2.45) is 0 Å². The van der Waals surface area contributed by atoms with E-state index in [0.717, 1.165) is 11.4 Å². The van der Waals surface area contributed by atoms with Gasteiger partial charge in [0, 0.05) is 24.0 Å². The van der Waals surface area contributed by atoms with Crippen LogP contribution in [-0.4, -0.2) is 22.6 Å². The standard InChI is InChI=1S/C14H13ClN2O2/c15-12-3-1-10(2-4-12)5-6-17-13-7-11(14(18)19)8-16-9-13/h1-4,7-9,17H,5-6H2,(H,18,19). The summed E-state index contributed by atoms with van der Waals surface area (Å²) in [4.78, 5) is 14.7. The van der Waals surface area contributed by atoms with Crippen molar-refractivity contribution >= 4 is 23.3 Å². The van der Waals surface area contributed by atoms with Crippen LogP contribution in [0.3, 0.4) is 0 Å². The minimum atomic E-state index is -0.978. The van der Waals surface area contributed by atoms with Crippen LogP contribution in [0.2, 0.25) is 5.02 Å². The van der Waals surface area contributed by atoms with E-state index in [9.17, 15) is 4.79 Å². The first-order chi connectivity index (χ1) is 9.15. The second-order valence-electron chi connectivity index (χ2n) is 4.07. The van der Waals surface area contributed by atoms with E-state index < -0.39 is 5.97 Å². The monoisotopic (exact) mass is 276 g/mol. The average molecular weight is 277 g/mol. The first-order valence-corrected chi connectivity index (χ1v) is 6.19. The van der Waals surface area contributed by atoms with E-state index >= 15 is 0 Å². The molecule has 0 spiro atoms. The van der Waals surface area contributed by atoms with Gasteiger partial charge in [-0.2, -0.15) is 0 Å². The minimum Gasteiger partial charge on any atom is -0.478 e. The zero-order valence-corrected chi connectivity index (χ0v) is 10.9. The Balaban J connectivity index is 1.90. The maximum atomic E-state index is 10.8. The molecule has 0 amide bonds. The fourth-order valence-corrected chi connectivity index (χ4v) is 1.78. The molecule has 2 aromatic rings. The van der Waals surface area contributed by atoms with Crippen molar-refractivity contribution in [1.29, 1.82) is 0 Å². The molecule has 0 atom stereocenters. The fourth-order valence-electron chi connectivity index (χ4n) is 1.66. The number of nitrogens with zero attached hydrogens (tertiary/aromatic N) is 1. The Morgan fingerprint density at radius 1 is 1.26 bits per heavy atom. The highest BCUT2D eigenvalue weighted by Gasteiger charge is 2.03. The molecule has 0 unspecified atom stereocenters. The van der Waals surface area contributed by atoms with Crippen LogP contribution in [-0.2, 0) is 6.42 Å². The molecule has 0 aliphatic rings. The number of aromatic carboxylic acids is 1. The molecule has 0 saturated carbocycles. The molecule has 0 saturated heterocycles. The molecule has 98 valence electrons. The van der Waals surface area contributed by atoms with Crippen LogP contribution in [0.5, 0.6) is 0 Å². The average Bonchev–Trinajstić information content (AvgIpc) is 2.41. The van der Waals surface area contributed by atoms with Gasteiger partial charge in [0.2, 0.25) is 0 Å². The number of pyridine rings is 1. The molecule has 5 heteroatoms. The van der Waals surface area contributed by atoms with Gasteiger partial charge in [0.05, 0.1) is 11.3 Å². The maximum Gasteiger partial charge on any atom is 0.337 e. The van der Waals surface area contributed by atoms with Gasteiger partial charge in [0.15, 0.2) is 0 Å². The predicted molar refractivity (Wildman–Crippen MR) is 74.8 cm³/mol. The van der Waals surface area contributed by atoms with Crippen LogP contribution in [0, 0.1) is 0 Å². The van der Waals surface area contributed by atoms with Gasteiger partial charge in [-0.3, -0.25) is 4.98 Å². The molecule has 0 aliphatic heterocycles. The number of anilines is 1. The molecule has 0 aliphatic carbocycles. The first kappa shape index (κ1) is 13.4. The summed E-state index contributed by atoms with van der Waals surface area (Å²) in [6.07, 6.45) is 3.76. The third-order valence-electron chi connectivity index (χ3n) is 2.64. The number of carboxylic acids is 1. The fraction of sp³-hybridized carbons (Fsp3) is 0.143. The third kappa shape index (κ3) is 3.96. The van der Waals surface area contributed by atoms with Crippen molar-refractivity contribution in [3.8, 4) is 0 Å². The molecular weight excluding hydrogens is 264 g/mol. The van der Waals surface area contributed by atoms with Gasteiger partial charge in [-0.1, -0.05) is 23.7 Å². The Morgan fingerprint density at radius 3 is 2.68 bits per heavy atom. The Hall–Kier alpha value is -2.07. The van der Waals surface area contributed by atoms with Crippen molar-refractivity contribution in [1.82, 2.24) is 4.98 Å². The second-order valence-corrected chi connectivity index (χ2v) is 4.51. The van der Waals surface area contributed by atoms with E-state index in [1.807, 2.05) is 24.3 Å². The largest absolute Gasteiger partial charge is 0.478 e. The van der Waals surface area contributed by atoms with Crippen molar-refractivity contribution in [2.75, 3.05) is 11.9 Å². The Bertz CT molecular complexity index is 570. The van der Waals surface area contributed by atoms with E-state index in [4.69, 9.17) is 16.7 Å². The summed E-state index contributed by atoms with van der Waals surface area (Å²) in [7, 11) is 0. The zero-order chi connectivity index (χ0) is 13.7. The molecule has 4 nitrogen and oxygen atoms in total. The number of carbonyl (C=O) groups is 1. The molecule has 1 heterocycles. The number of hydrogen-bond acceptors (Lipinski definition) is 3. The number of hydrogen-bond donors (Lipinski definition) is 2. The third-order valence-corrected chi connectivity index (χ3v) is 2.89. The summed E-state index contributed by atoms with van der Waals surface area (Å²) in [6.45, 7) is 0.701.